The Bertz CT molecular complexity index is 592. The number of aromatic nitrogens is 2. The molecule has 17 heavy (non-hydrogen) atoms. The van der Waals surface area contributed by atoms with Gasteiger partial charge in [0.1, 0.15) is 5.82 Å². The molecule has 0 atom stereocenters. The van der Waals surface area contributed by atoms with Crippen molar-refractivity contribution in [2.45, 2.75) is 6.92 Å². The molecule has 0 spiro atoms. The van der Waals surface area contributed by atoms with Crippen molar-refractivity contribution in [3.05, 3.63) is 41.5 Å². The number of hydrogen-bond donors (Lipinski definition) is 2. The average Bonchev–Trinajstić information content (AvgIpc) is 2.64. The van der Waals surface area contributed by atoms with Gasteiger partial charge in [-0.3, -0.25) is 0 Å². The summed E-state index contributed by atoms with van der Waals surface area (Å²) in [6.45, 7) is 1.61. The standard InChI is InChI=1S/C11H9FN2O3/c1-6-2-3-7(4-8(6)12)14-5-9(15)10(13-14)11(16)17/h2-5,15H,1H3,(H,16,17). The number of rotatable bonds is 2. The minimum Gasteiger partial charge on any atom is -0.504 e. The molecule has 1 aromatic heterocycles. The zero-order valence-corrected chi connectivity index (χ0v) is 8.88. The highest BCUT2D eigenvalue weighted by Crippen LogP contribution is 2.19. The number of nitrogens with zero attached hydrogens (tertiary/aromatic N) is 2. The van der Waals surface area contributed by atoms with Crippen LogP contribution in [0.25, 0.3) is 5.69 Å². The summed E-state index contributed by atoms with van der Waals surface area (Å²) in [4.78, 5) is 10.7. The second kappa shape index (κ2) is 3.89. The third kappa shape index (κ3) is 1.96. The minimum atomic E-state index is -1.34. The topological polar surface area (TPSA) is 75.4 Å². The van der Waals surface area contributed by atoms with Crippen molar-refractivity contribution in [3.8, 4) is 11.4 Å². The molecule has 2 rings (SSSR count). The van der Waals surface area contributed by atoms with E-state index in [9.17, 15) is 14.3 Å². The van der Waals surface area contributed by atoms with E-state index in [0.29, 0.717) is 11.3 Å². The first-order valence-electron chi connectivity index (χ1n) is 4.77. The number of carbonyl (C=O) groups is 1. The SMILES string of the molecule is Cc1ccc(-n2cc(O)c(C(=O)O)n2)cc1F. The number of carboxylic acids is 1. The van der Waals surface area contributed by atoms with Gasteiger partial charge in [-0.15, -0.1) is 0 Å². The summed E-state index contributed by atoms with van der Waals surface area (Å²) in [6, 6.07) is 4.34. The second-order valence-corrected chi connectivity index (χ2v) is 3.55. The second-order valence-electron chi connectivity index (χ2n) is 3.55. The van der Waals surface area contributed by atoms with E-state index in [4.69, 9.17) is 5.11 Å². The molecule has 2 N–H and O–H groups in total. The van der Waals surface area contributed by atoms with Crippen molar-refractivity contribution in [2.75, 3.05) is 0 Å². The Morgan fingerprint density at radius 1 is 1.47 bits per heavy atom. The Morgan fingerprint density at radius 2 is 2.18 bits per heavy atom. The smallest absolute Gasteiger partial charge is 0.360 e. The number of halogens is 1. The quantitative estimate of drug-likeness (QED) is 0.832. The third-order valence-corrected chi connectivity index (χ3v) is 2.32. The number of hydrogen-bond acceptors (Lipinski definition) is 3. The molecule has 0 aliphatic carbocycles. The molecule has 6 heteroatoms. The zero-order chi connectivity index (χ0) is 12.6. The monoisotopic (exact) mass is 236 g/mol. The summed E-state index contributed by atoms with van der Waals surface area (Å²) in [5.74, 6) is -2.22. The van der Waals surface area contributed by atoms with Crippen LogP contribution in [0.3, 0.4) is 0 Å². The van der Waals surface area contributed by atoms with Gasteiger partial charge in [0.25, 0.3) is 0 Å². The molecular weight excluding hydrogens is 227 g/mol. The Kier molecular flexibility index (Phi) is 2.55. The van der Waals surface area contributed by atoms with Crippen molar-refractivity contribution >= 4 is 5.97 Å². The van der Waals surface area contributed by atoms with E-state index in [1.165, 1.54) is 6.07 Å². The van der Waals surface area contributed by atoms with Gasteiger partial charge in [-0.2, -0.15) is 5.10 Å². The minimum absolute atomic E-state index is 0.343. The predicted molar refractivity (Wildman–Crippen MR) is 56.9 cm³/mol. The molecule has 5 nitrogen and oxygen atoms in total. The molecule has 0 unspecified atom stereocenters. The summed E-state index contributed by atoms with van der Waals surface area (Å²) in [5, 5.41) is 21.7. The Hall–Kier alpha value is -2.37. The van der Waals surface area contributed by atoms with Gasteiger partial charge in [0.2, 0.25) is 5.69 Å². The van der Waals surface area contributed by atoms with E-state index in [-0.39, 0.29) is 0 Å². The van der Waals surface area contributed by atoms with Gasteiger partial charge in [0.05, 0.1) is 11.9 Å². The molecule has 0 radical (unpaired) electrons. The maximum Gasteiger partial charge on any atom is 0.360 e. The first kappa shape index (κ1) is 11.1. The number of benzene rings is 1. The fourth-order valence-corrected chi connectivity index (χ4v) is 1.37. The van der Waals surface area contributed by atoms with E-state index in [2.05, 4.69) is 5.10 Å². The summed E-state index contributed by atoms with van der Waals surface area (Å²) in [7, 11) is 0. The van der Waals surface area contributed by atoms with Crippen LogP contribution in [0.5, 0.6) is 5.75 Å². The van der Waals surface area contributed by atoms with Gasteiger partial charge in [-0.1, -0.05) is 6.07 Å². The molecule has 0 aliphatic rings. The summed E-state index contributed by atoms with van der Waals surface area (Å²) in [5.41, 5.74) is 0.352. The zero-order valence-electron chi connectivity index (χ0n) is 8.88. The first-order chi connectivity index (χ1) is 7.99. The van der Waals surface area contributed by atoms with Crippen molar-refractivity contribution < 1.29 is 19.4 Å². The molecule has 2 aromatic rings. The van der Waals surface area contributed by atoms with Gasteiger partial charge in [-0.05, 0) is 24.6 Å². The van der Waals surface area contributed by atoms with E-state index >= 15 is 0 Å². The summed E-state index contributed by atoms with van der Waals surface area (Å²) >= 11 is 0. The van der Waals surface area contributed by atoms with Crippen molar-refractivity contribution in [3.63, 3.8) is 0 Å². The van der Waals surface area contributed by atoms with Gasteiger partial charge in [-0.25, -0.2) is 13.9 Å². The summed E-state index contributed by atoms with van der Waals surface area (Å²) in [6.07, 6.45) is 1.12. The van der Waals surface area contributed by atoms with Gasteiger partial charge >= 0.3 is 5.97 Å². The molecular formula is C11H9FN2O3. The van der Waals surface area contributed by atoms with E-state index in [0.717, 1.165) is 10.9 Å². The van der Waals surface area contributed by atoms with E-state index in [1.54, 1.807) is 19.1 Å². The predicted octanol–water partition coefficient (Wildman–Crippen LogP) is 1.72. The van der Waals surface area contributed by atoms with E-state index in [1.807, 2.05) is 0 Å². The molecule has 0 saturated carbocycles. The van der Waals surface area contributed by atoms with Gasteiger partial charge in [0, 0.05) is 0 Å². The fraction of sp³-hybridized carbons (Fsp3) is 0.0909. The normalized spacial score (nSPS) is 10.5. The third-order valence-electron chi connectivity index (χ3n) is 2.32. The maximum absolute atomic E-state index is 13.3. The van der Waals surface area contributed by atoms with Crippen LogP contribution in [0.15, 0.2) is 24.4 Å². The number of carboxylic acid groups (broad SMARTS) is 1. The van der Waals surface area contributed by atoms with Crippen LogP contribution >= 0.6 is 0 Å². The average molecular weight is 236 g/mol. The molecule has 0 saturated heterocycles. The fourth-order valence-electron chi connectivity index (χ4n) is 1.37. The highest BCUT2D eigenvalue weighted by atomic mass is 19.1. The van der Waals surface area contributed by atoms with Crippen molar-refractivity contribution in [1.29, 1.82) is 0 Å². The highest BCUT2D eigenvalue weighted by molar-refractivity contribution is 5.88. The van der Waals surface area contributed by atoms with Crippen LogP contribution in [-0.2, 0) is 0 Å². The molecule has 88 valence electrons. The molecule has 0 bridgehead atoms. The summed E-state index contributed by atoms with van der Waals surface area (Å²) < 4.78 is 14.4. The lowest BCUT2D eigenvalue weighted by molar-refractivity contribution is 0.0687. The molecule has 0 fully saturated rings. The maximum atomic E-state index is 13.3. The Balaban J connectivity index is 2.50. The Morgan fingerprint density at radius 3 is 2.71 bits per heavy atom. The van der Waals surface area contributed by atoms with Crippen LogP contribution in [0.1, 0.15) is 16.1 Å². The van der Waals surface area contributed by atoms with Crippen LogP contribution < -0.4 is 0 Å². The van der Waals surface area contributed by atoms with Gasteiger partial charge < -0.3 is 10.2 Å². The van der Waals surface area contributed by atoms with Crippen LogP contribution in [0.4, 0.5) is 4.39 Å². The van der Waals surface area contributed by atoms with Crippen LogP contribution in [0.2, 0.25) is 0 Å². The lowest BCUT2D eigenvalue weighted by Gasteiger charge is -2.02. The number of aromatic hydroxyl groups is 1. The van der Waals surface area contributed by atoms with E-state index < -0.39 is 23.2 Å². The Labute approximate surface area is 95.7 Å². The number of aryl methyl sites for hydroxylation is 1. The molecule has 0 amide bonds. The van der Waals surface area contributed by atoms with Crippen LogP contribution in [-0.4, -0.2) is 26.0 Å². The molecule has 1 heterocycles. The van der Waals surface area contributed by atoms with Gasteiger partial charge in [0.15, 0.2) is 5.75 Å². The van der Waals surface area contributed by atoms with Crippen molar-refractivity contribution in [1.82, 2.24) is 9.78 Å². The van der Waals surface area contributed by atoms with Crippen molar-refractivity contribution in [2.24, 2.45) is 0 Å². The highest BCUT2D eigenvalue weighted by Gasteiger charge is 2.15. The van der Waals surface area contributed by atoms with Crippen LogP contribution in [0, 0.1) is 12.7 Å². The largest absolute Gasteiger partial charge is 0.504 e. The lowest BCUT2D eigenvalue weighted by Crippen LogP contribution is -2.01. The number of aromatic carboxylic acids is 1. The first-order valence-corrected chi connectivity index (χ1v) is 4.77. The molecule has 0 aliphatic heterocycles. The molecule has 1 aromatic carbocycles. The lowest BCUT2D eigenvalue weighted by atomic mass is 10.2.